The molecule has 0 amide bonds. The van der Waals surface area contributed by atoms with Crippen LogP contribution in [-0.4, -0.2) is 11.4 Å². The minimum atomic E-state index is 0.833. The Hall–Kier alpha value is -1.32. The summed E-state index contributed by atoms with van der Waals surface area (Å²) in [6, 6.07) is 16.6. The van der Waals surface area contributed by atoms with Crippen LogP contribution in [0.3, 0.4) is 0 Å². The van der Waals surface area contributed by atoms with E-state index in [2.05, 4.69) is 64.2 Å². The molecule has 0 bridgehead atoms. The summed E-state index contributed by atoms with van der Waals surface area (Å²) < 4.78 is 1.17. The molecule has 106 valence electrons. The van der Waals surface area contributed by atoms with Crippen LogP contribution >= 0.6 is 15.9 Å². The molecule has 0 aliphatic rings. The Morgan fingerprint density at radius 3 is 2.55 bits per heavy atom. The second-order valence-corrected chi connectivity index (χ2v) is 5.90. The van der Waals surface area contributed by atoms with Crippen LogP contribution in [0.4, 0.5) is 5.69 Å². The number of benzene rings is 2. The molecule has 0 saturated carbocycles. The van der Waals surface area contributed by atoms with Crippen molar-refractivity contribution in [3.8, 4) is 0 Å². The molecule has 0 unspecified atom stereocenters. The second-order valence-electron chi connectivity index (χ2n) is 5.05. The molecule has 2 nitrogen and oxygen atoms in total. The first kappa shape index (κ1) is 15.1. The van der Waals surface area contributed by atoms with Crippen molar-refractivity contribution in [2.75, 3.05) is 12.3 Å². The minimum absolute atomic E-state index is 0.833. The largest absolute Gasteiger partial charge is 0.399 e. The van der Waals surface area contributed by atoms with E-state index in [0.29, 0.717) is 0 Å². The third-order valence-electron chi connectivity index (χ3n) is 3.25. The summed E-state index contributed by atoms with van der Waals surface area (Å²) in [5.41, 5.74) is 9.29. The highest BCUT2D eigenvalue weighted by Crippen LogP contribution is 2.19. The van der Waals surface area contributed by atoms with Gasteiger partial charge in [-0.05, 0) is 42.3 Å². The van der Waals surface area contributed by atoms with Gasteiger partial charge in [-0.2, -0.15) is 0 Å². The molecule has 0 spiro atoms. The molecule has 0 aliphatic carbocycles. The SMILES string of the molecule is CCCN(Cc1cccc(N)c1)Cc1ccccc1Br. The maximum atomic E-state index is 5.86. The van der Waals surface area contributed by atoms with Crippen molar-refractivity contribution >= 4 is 21.6 Å². The lowest BCUT2D eigenvalue weighted by molar-refractivity contribution is 0.257. The molecule has 0 radical (unpaired) electrons. The van der Waals surface area contributed by atoms with Crippen LogP contribution in [0, 0.1) is 0 Å². The maximum Gasteiger partial charge on any atom is 0.0317 e. The zero-order valence-electron chi connectivity index (χ0n) is 11.8. The van der Waals surface area contributed by atoms with E-state index in [9.17, 15) is 0 Å². The van der Waals surface area contributed by atoms with E-state index < -0.39 is 0 Å². The number of hydrogen-bond acceptors (Lipinski definition) is 2. The van der Waals surface area contributed by atoms with Gasteiger partial charge in [-0.3, -0.25) is 4.90 Å². The number of hydrogen-bond donors (Lipinski definition) is 1. The van der Waals surface area contributed by atoms with Gasteiger partial charge < -0.3 is 5.73 Å². The standard InChI is InChI=1S/C17H21BrN2/c1-2-10-20(12-14-6-5-8-16(19)11-14)13-15-7-3-4-9-17(15)18/h3-9,11H,2,10,12-13,19H2,1H3. The lowest BCUT2D eigenvalue weighted by Gasteiger charge is -2.22. The highest BCUT2D eigenvalue weighted by Gasteiger charge is 2.08. The molecule has 0 saturated heterocycles. The van der Waals surface area contributed by atoms with Gasteiger partial charge in [0.15, 0.2) is 0 Å². The lowest BCUT2D eigenvalue weighted by atomic mass is 10.1. The summed E-state index contributed by atoms with van der Waals surface area (Å²) >= 11 is 3.63. The number of nitrogens with zero attached hydrogens (tertiary/aromatic N) is 1. The quantitative estimate of drug-likeness (QED) is 0.792. The molecule has 2 N–H and O–H groups in total. The van der Waals surface area contributed by atoms with Crippen LogP contribution in [0.2, 0.25) is 0 Å². The van der Waals surface area contributed by atoms with E-state index in [1.807, 2.05) is 12.1 Å². The monoisotopic (exact) mass is 332 g/mol. The average Bonchev–Trinajstić information content (AvgIpc) is 2.42. The fraction of sp³-hybridized carbons (Fsp3) is 0.294. The van der Waals surface area contributed by atoms with Gasteiger partial charge in [0.05, 0.1) is 0 Å². The third-order valence-corrected chi connectivity index (χ3v) is 4.02. The summed E-state index contributed by atoms with van der Waals surface area (Å²) in [4.78, 5) is 2.45. The van der Waals surface area contributed by atoms with Crippen molar-refractivity contribution in [2.24, 2.45) is 0 Å². The summed E-state index contributed by atoms with van der Waals surface area (Å²) in [7, 11) is 0. The summed E-state index contributed by atoms with van der Waals surface area (Å²) in [6.45, 7) is 5.17. The zero-order valence-corrected chi connectivity index (χ0v) is 13.4. The van der Waals surface area contributed by atoms with Gasteiger partial charge in [0, 0.05) is 23.2 Å². The van der Waals surface area contributed by atoms with Crippen LogP contribution in [0.25, 0.3) is 0 Å². The van der Waals surface area contributed by atoms with Crippen LogP contribution in [0.1, 0.15) is 24.5 Å². The van der Waals surface area contributed by atoms with Gasteiger partial charge in [-0.25, -0.2) is 0 Å². The molecule has 0 heterocycles. The van der Waals surface area contributed by atoms with Crippen LogP contribution < -0.4 is 5.73 Å². The number of rotatable bonds is 6. The molecule has 2 rings (SSSR count). The van der Waals surface area contributed by atoms with Crippen molar-refractivity contribution < 1.29 is 0 Å². The van der Waals surface area contributed by atoms with Gasteiger partial charge in [0.25, 0.3) is 0 Å². The maximum absolute atomic E-state index is 5.86. The predicted octanol–water partition coefficient (Wildman–Crippen LogP) is 4.44. The Balaban J connectivity index is 2.09. The van der Waals surface area contributed by atoms with Gasteiger partial charge in [0.1, 0.15) is 0 Å². The van der Waals surface area contributed by atoms with E-state index >= 15 is 0 Å². The number of halogens is 1. The lowest BCUT2D eigenvalue weighted by Crippen LogP contribution is -2.23. The fourth-order valence-corrected chi connectivity index (χ4v) is 2.76. The second kappa shape index (κ2) is 7.46. The summed E-state index contributed by atoms with van der Waals surface area (Å²) in [5.74, 6) is 0. The Labute approximate surface area is 129 Å². The average molecular weight is 333 g/mol. The molecule has 2 aromatic rings. The molecule has 2 aromatic carbocycles. The van der Waals surface area contributed by atoms with Crippen molar-refractivity contribution in [3.63, 3.8) is 0 Å². The molecule has 0 atom stereocenters. The number of nitrogen functional groups attached to an aromatic ring is 1. The first-order valence-electron chi connectivity index (χ1n) is 6.99. The van der Waals surface area contributed by atoms with Gasteiger partial charge in [0.2, 0.25) is 0 Å². The van der Waals surface area contributed by atoms with E-state index in [1.54, 1.807) is 0 Å². The van der Waals surface area contributed by atoms with Crippen molar-refractivity contribution in [1.82, 2.24) is 4.90 Å². The van der Waals surface area contributed by atoms with E-state index in [0.717, 1.165) is 31.7 Å². The van der Waals surface area contributed by atoms with Gasteiger partial charge >= 0.3 is 0 Å². The summed E-state index contributed by atoms with van der Waals surface area (Å²) in [5, 5.41) is 0. The topological polar surface area (TPSA) is 29.3 Å². The van der Waals surface area contributed by atoms with Gasteiger partial charge in [-0.1, -0.05) is 53.2 Å². The first-order valence-corrected chi connectivity index (χ1v) is 7.78. The molecular weight excluding hydrogens is 312 g/mol. The molecule has 3 heteroatoms. The molecule has 0 fully saturated rings. The van der Waals surface area contributed by atoms with Gasteiger partial charge in [-0.15, -0.1) is 0 Å². The van der Waals surface area contributed by atoms with Crippen molar-refractivity contribution in [2.45, 2.75) is 26.4 Å². The predicted molar refractivity (Wildman–Crippen MR) is 89.4 cm³/mol. The summed E-state index contributed by atoms with van der Waals surface area (Å²) in [6.07, 6.45) is 1.15. The van der Waals surface area contributed by atoms with E-state index in [-0.39, 0.29) is 0 Å². The normalized spacial score (nSPS) is 10.9. The van der Waals surface area contributed by atoms with Crippen LogP contribution in [-0.2, 0) is 13.1 Å². The first-order chi connectivity index (χ1) is 9.69. The Kier molecular flexibility index (Phi) is 5.62. The number of anilines is 1. The smallest absolute Gasteiger partial charge is 0.0317 e. The third kappa shape index (κ3) is 4.36. The molecule has 0 aromatic heterocycles. The zero-order chi connectivity index (χ0) is 14.4. The van der Waals surface area contributed by atoms with E-state index in [1.165, 1.54) is 15.6 Å². The highest BCUT2D eigenvalue weighted by molar-refractivity contribution is 9.10. The highest BCUT2D eigenvalue weighted by atomic mass is 79.9. The van der Waals surface area contributed by atoms with Crippen molar-refractivity contribution in [3.05, 3.63) is 64.1 Å². The Morgan fingerprint density at radius 2 is 1.85 bits per heavy atom. The minimum Gasteiger partial charge on any atom is -0.399 e. The Morgan fingerprint density at radius 1 is 1.05 bits per heavy atom. The van der Waals surface area contributed by atoms with E-state index in [4.69, 9.17) is 5.73 Å². The van der Waals surface area contributed by atoms with Crippen LogP contribution in [0.15, 0.2) is 53.0 Å². The molecule has 20 heavy (non-hydrogen) atoms. The molecule has 0 aliphatic heterocycles. The number of nitrogens with two attached hydrogens (primary N) is 1. The van der Waals surface area contributed by atoms with Crippen LogP contribution in [0.5, 0.6) is 0 Å². The fourth-order valence-electron chi connectivity index (χ4n) is 2.35. The molecular formula is C17H21BrN2. The van der Waals surface area contributed by atoms with Crippen molar-refractivity contribution in [1.29, 1.82) is 0 Å². The Bertz CT molecular complexity index is 554.